The van der Waals surface area contributed by atoms with Gasteiger partial charge in [-0.3, -0.25) is 14.2 Å². The molecule has 1 aromatic carbocycles. The second-order valence-corrected chi connectivity index (χ2v) is 6.80. The number of anilines is 1. The van der Waals surface area contributed by atoms with E-state index >= 15 is 0 Å². The van der Waals surface area contributed by atoms with Crippen molar-refractivity contribution >= 4 is 11.6 Å². The van der Waals surface area contributed by atoms with Crippen molar-refractivity contribution in [1.29, 1.82) is 0 Å². The standard InChI is InChI=1S/C20H23N5O2/c1-24-19(11-18(23-24)15-7-3-2-4-8-15)20(26)22-16-12-21-25(13-16)14-17-9-5-6-10-27-17/h2-4,7-8,11-13,17H,5-6,9-10,14H2,1H3,(H,22,26). The van der Waals surface area contributed by atoms with Crippen molar-refractivity contribution in [3.8, 4) is 11.3 Å². The molecule has 3 heterocycles. The van der Waals surface area contributed by atoms with Crippen LogP contribution in [0.25, 0.3) is 11.3 Å². The maximum absolute atomic E-state index is 12.6. The number of amides is 1. The Morgan fingerprint density at radius 3 is 2.93 bits per heavy atom. The molecule has 140 valence electrons. The van der Waals surface area contributed by atoms with Gasteiger partial charge in [0.2, 0.25) is 0 Å². The Morgan fingerprint density at radius 2 is 2.15 bits per heavy atom. The van der Waals surface area contributed by atoms with Crippen LogP contribution in [-0.4, -0.2) is 38.2 Å². The molecule has 1 unspecified atom stereocenters. The van der Waals surface area contributed by atoms with Gasteiger partial charge >= 0.3 is 0 Å². The molecule has 7 heteroatoms. The predicted molar refractivity (Wildman–Crippen MR) is 102 cm³/mol. The average Bonchev–Trinajstić information content (AvgIpc) is 3.29. The van der Waals surface area contributed by atoms with Crippen LogP contribution in [0.15, 0.2) is 48.8 Å². The molecule has 7 nitrogen and oxygen atoms in total. The maximum Gasteiger partial charge on any atom is 0.274 e. The molecule has 27 heavy (non-hydrogen) atoms. The van der Waals surface area contributed by atoms with Crippen LogP contribution in [0.3, 0.4) is 0 Å². The van der Waals surface area contributed by atoms with E-state index < -0.39 is 0 Å². The van der Waals surface area contributed by atoms with Crippen molar-refractivity contribution in [1.82, 2.24) is 19.6 Å². The van der Waals surface area contributed by atoms with Crippen LogP contribution in [0, 0.1) is 0 Å². The minimum absolute atomic E-state index is 0.202. The van der Waals surface area contributed by atoms with Crippen LogP contribution < -0.4 is 5.32 Å². The van der Waals surface area contributed by atoms with Gasteiger partial charge in [0.25, 0.3) is 5.91 Å². The molecular formula is C20H23N5O2. The molecule has 3 aromatic rings. The highest BCUT2D eigenvalue weighted by Crippen LogP contribution is 2.19. The Kier molecular flexibility index (Phi) is 5.02. The van der Waals surface area contributed by atoms with E-state index in [1.807, 2.05) is 41.2 Å². The number of hydrogen-bond acceptors (Lipinski definition) is 4. The van der Waals surface area contributed by atoms with E-state index in [1.165, 1.54) is 6.42 Å². The van der Waals surface area contributed by atoms with Crippen molar-refractivity contribution in [2.75, 3.05) is 11.9 Å². The molecule has 1 fully saturated rings. The molecule has 1 saturated heterocycles. The van der Waals surface area contributed by atoms with Crippen LogP contribution in [0.2, 0.25) is 0 Å². The third-order valence-corrected chi connectivity index (χ3v) is 4.74. The van der Waals surface area contributed by atoms with Crippen LogP contribution in [0.4, 0.5) is 5.69 Å². The van der Waals surface area contributed by atoms with E-state index in [4.69, 9.17) is 4.74 Å². The first-order valence-corrected chi connectivity index (χ1v) is 9.24. The van der Waals surface area contributed by atoms with Gasteiger partial charge in [-0.1, -0.05) is 30.3 Å². The number of aryl methyl sites for hydroxylation is 1. The molecule has 0 spiro atoms. The summed E-state index contributed by atoms with van der Waals surface area (Å²) in [7, 11) is 1.77. The number of hydrogen-bond donors (Lipinski definition) is 1. The summed E-state index contributed by atoms with van der Waals surface area (Å²) in [5.41, 5.74) is 2.91. The van der Waals surface area contributed by atoms with E-state index in [2.05, 4.69) is 15.5 Å². The quantitative estimate of drug-likeness (QED) is 0.754. The lowest BCUT2D eigenvalue weighted by molar-refractivity contribution is 0.00401. The lowest BCUT2D eigenvalue weighted by atomic mass is 10.1. The van der Waals surface area contributed by atoms with E-state index in [-0.39, 0.29) is 12.0 Å². The lowest BCUT2D eigenvalue weighted by Crippen LogP contribution is -2.24. The predicted octanol–water partition coefficient (Wildman–Crippen LogP) is 3.11. The molecule has 0 saturated carbocycles. The zero-order chi connectivity index (χ0) is 18.6. The SMILES string of the molecule is Cn1nc(-c2ccccc2)cc1C(=O)Nc1cnn(CC2CCCCO2)c1. The second kappa shape index (κ2) is 7.75. The third-order valence-electron chi connectivity index (χ3n) is 4.74. The molecule has 1 aliphatic rings. The Bertz CT molecular complexity index is 910. The van der Waals surface area contributed by atoms with Gasteiger partial charge in [-0.05, 0) is 25.3 Å². The van der Waals surface area contributed by atoms with Gasteiger partial charge in [0, 0.05) is 25.4 Å². The molecule has 1 amide bonds. The first-order valence-electron chi connectivity index (χ1n) is 9.24. The Morgan fingerprint density at radius 1 is 1.30 bits per heavy atom. The third kappa shape index (κ3) is 4.09. The highest BCUT2D eigenvalue weighted by molar-refractivity contribution is 6.03. The first kappa shape index (κ1) is 17.5. The van der Waals surface area contributed by atoms with Crippen LogP contribution in [0.5, 0.6) is 0 Å². The first-order chi connectivity index (χ1) is 13.2. The van der Waals surface area contributed by atoms with E-state index in [0.717, 1.165) is 30.7 Å². The summed E-state index contributed by atoms with van der Waals surface area (Å²) in [5.74, 6) is -0.208. The molecular weight excluding hydrogens is 342 g/mol. The highest BCUT2D eigenvalue weighted by atomic mass is 16.5. The van der Waals surface area contributed by atoms with Crippen LogP contribution in [-0.2, 0) is 18.3 Å². The number of benzene rings is 1. The molecule has 0 radical (unpaired) electrons. The number of nitrogens with zero attached hydrogens (tertiary/aromatic N) is 4. The van der Waals surface area contributed by atoms with Gasteiger partial charge in [0.05, 0.1) is 30.2 Å². The Labute approximate surface area is 157 Å². The molecule has 1 N–H and O–H groups in total. The van der Waals surface area contributed by atoms with Crippen molar-refractivity contribution in [2.24, 2.45) is 7.05 Å². The largest absolute Gasteiger partial charge is 0.376 e. The van der Waals surface area contributed by atoms with Crippen molar-refractivity contribution in [3.63, 3.8) is 0 Å². The Hall–Kier alpha value is -2.93. The van der Waals surface area contributed by atoms with E-state index in [0.29, 0.717) is 17.9 Å². The minimum Gasteiger partial charge on any atom is -0.376 e. The Balaban J connectivity index is 1.43. The number of ether oxygens (including phenoxy) is 1. The summed E-state index contributed by atoms with van der Waals surface area (Å²) in [6.07, 6.45) is 7.08. The molecule has 1 aliphatic heterocycles. The van der Waals surface area contributed by atoms with Gasteiger partial charge in [-0.15, -0.1) is 0 Å². The van der Waals surface area contributed by atoms with Crippen LogP contribution >= 0.6 is 0 Å². The average molecular weight is 365 g/mol. The normalized spacial score (nSPS) is 17.0. The molecule has 4 rings (SSSR count). The summed E-state index contributed by atoms with van der Waals surface area (Å²) < 4.78 is 9.16. The monoisotopic (exact) mass is 365 g/mol. The summed E-state index contributed by atoms with van der Waals surface area (Å²) in [6.45, 7) is 1.53. The number of carbonyl (C=O) groups is 1. The van der Waals surface area contributed by atoms with Crippen molar-refractivity contribution in [3.05, 3.63) is 54.5 Å². The topological polar surface area (TPSA) is 74.0 Å². The van der Waals surface area contributed by atoms with Gasteiger partial charge in [-0.25, -0.2) is 0 Å². The summed E-state index contributed by atoms with van der Waals surface area (Å²) in [6, 6.07) is 11.6. The van der Waals surface area contributed by atoms with Gasteiger partial charge in [0.1, 0.15) is 5.69 Å². The zero-order valence-electron chi connectivity index (χ0n) is 15.3. The van der Waals surface area contributed by atoms with E-state index in [9.17, 15) is 4.79 Å². The molecule has 1 atom stereocenters. The fraction of sp³-hybridized carbons (Fsp3) is 0.350. The fourth-order valence-electron chi connectivity index (χ4n) is 3.31. The minimum atomic E-state index is -0.208. The van der Waals surface area contributed by atoms with Gasteiger partial charge < -0.3 is 10.1 Å². The number of aromatic nitrogens is 4. The number of carbonyl (C=O) groups excluding carboxylic acids is 1. The summed E-state index contributed by atoms with van der Waals surface area (Å²) >= 11 is 0. The van der Waals surface area contributed by atoms with E-state index in [1.54, 1.807) is 24.0 Å². The number of nitrogens with one attached hydrogen (secondary N) is 1. The molecule has 0 aliphatic carbocycles. The van der Waals surface area contributed by atoms with Gasteiger partial charge in [0.15, 0.2) is 0 Å². The molecule has 2 aromatic heterocycles. The highest BCUT2D eigenvalue weighted by Gasteiger charge is 2.17. The van der Waals surface area contributed by atoms with Crippen molar-refractivity contribution in [2.45, 2.75) is 31.9 Å². The molecule has 0 bridgehead atoms. The second-order valence-electron chi connectivity index (χ2n) is 6.80. The number of rotatable bonds is 5. The van der Waals surface area contributed by atoms with Crippen LogP contribution in [0.1, 0.15) is 29.8 Å². The lowest BCUT2D eigenvalue weighted by Gasteiger charge is -2.22. The zero-order valence-corrected chi connectivity index (χ0v) is 15.3. The summed E-state index contributed by atoms with van der Waals surface area (Å²) in [5, 5.41) is 11.7. The summed E-state index contributed by atoms with van der Waals surface area (Å²) in [4.78, 5) is 12.6. The maximum atomic E-state index is 12.6. The smallest absolute Gasteiger partial charge is 0.274 e. The van der Waals surface area contributed by atoms with Gasteiger partial charge in [-0.2, -0.15) is 10.2 Å². The van der Waals surface area contributed by atoms with Crippen molar-refractivity contribution < 1.29 is 9.53 Å². The fourth-order valence-corrected chi connectivity index (χ4v) is 3.31.